The molecule has 10 heteroatoms. The van der Waals surface area contributed by atoms with E-state index < -0.39 is 27.2 Å². The molecule has 9 nitrogen and oxygen atoms in total. The van der Waals surface area contributed by atoms with Crippen LogP contribution in [0.4, 0.5) is 10.5 Å². The van der Waals surface area contributed by atoms with Gasteiger partial charge < -0.3 is 20.5 Å². The summed E-state index contributed by atoms with van der Waals surface area (Å²) < 4.78 is 27.4. The average molecular weight is 373 g/mol. The molecule has 0 saturated carbocycles. The van der Waals surface area contributed by atoms with Crippen LogP contribution in [0.2, 0.25) is 0 Å². The van der Waals surface area contributed by atoms with Gasteiger partial charge in [0.05, 0.1) is 22.5 Å². The molecule has 1 aromatic rings. The van der Waals surface area contributed by atoms with E-state index in [-0.39, 0.29) is 29.7 Å². The van der Waals surface area contributed by atoms with Gasteiger partial charge in [0.15, 0.2) is 0 Å². The van der Waals surface area contributed by atoms with Crippen LogP contribution in [0.1, 0.15) is 27.2 Å². The van der Waals surface area contributed by atoms with E-state index in [4.69, 9.17) is 9.88 Å². The van der Waals surface area contributed by atoms with Crippen molar-refractivity contribution in [2.75, 3.05) is 18.5 Å². The number of benzene rings is 1. The first-order valence-electron chi connectivity index (χ1n) is 7.55. The standard InChI is InChI=1S/C15H23N3O6S/c1-4-15(2,3)13(20)24-8-7-17-14(21)18-11-6-5-10(9-12(11)19)25(16,22)23/h5-6,9,19H,4,7-8H2,1-3H3,(H2,16,22,23)(H2,17,18,21). The molecular formula is C15H23N3O6S. The van der Waals surface area contributed by atoms with Gasteiger partial charge in [-0.1, -0.05) is 6.92 Å². The Bertz CT molecular complexity index is 746. The van der Waals surface area contributed by atoms with E-state index in [0.29, 0.717) is 6.42 Å². The lowest BCUT2D eigenvalue weighted by Gasteiger charge is -2.20. The number of phenolic OH excluding ortho intramolecular Hbond substituents is 1. The number of aromatic hydroxyl groups is 1. The first-order valence-corrected chi connectivity index (χ1v) is 9.10. The summed E-state index contributed by atoms with van der Waals surface area (Å²) in [5.74, 6) is -0.800. The number of carbonyl (C=O) groups is 2. The monoisotopic (exact) mass is 373 g/mol. The van der Waals surface area contributed by atoms with Crippen LogP contribution in [-0.2, 0) is 19.6 Å². The molecule has 0 saturated heterocycles. The van der Waals surface area contributed by atoms with Gasteiger partial charge in [-0.05, 0) is 32.4 Å². The Morgan fingerprint density at radius 2 is 1.96 bits per heavy atom. The SMILES string of the molecule is CCC(C)(C)C(=O)OCCNC(=O)Nc1ccc(S(N)(=O)=O)cc1O. The molecule has 0 radical (unpaired) electrons. The molecule has 5 N–H and O–H groups in total. The minimum atomic E-state index is -3.95. The largest absolute Gasteiger partial charge is 0.506 e. The molecule has 2 amide bonds. The summed E-state index contributed by atoms with van der Waals surface area (Å²) in [5, 5.41) is 19.5. The number of anilines is 1. The Morgan fingerprint density at radius 1 is 1.32 bits per heavy atom. The van der Waals surface area contributed by atoms with Gasteiger partial charge in [0.1, 0.15) is 12.4 Å². The topological polar surface area (TPSA) is 148 Å². The number of nitrogens with two attached hydrogens (primary N) is 1. The van der Waals surface area contributed by atoms with Crippen LogP contribution in [-0.4, -0.2) is 38.7 Å². The maximum absolute atomic E-state index is 11.7. The predicted molar refractivity (Wildman–Crippen MR) is 91.5 cm³/mol. The lowest BCUT2D eigenvalue weighted by molar-refractivity contribution is -0.153. The second-order valence-corrected chi connectivity index (χ2v) is 7.54. The van der Waals surface area contributed by atoms with Crippen LogP contribution >= 0.6 is 0 Å². The molecule has 0 spiro atoms. The zero-order chi connectivity index (χ0) is 19.3. The van der Waals surface area contributed by atoms with Crippen LogP contribution in [0.5, 0.6) is 5.75 Å². The van der Waals surface area contributed by atoms with Crippen LogP contribution in [0.3, 0.4) is 0 Å². The van der Waals surface area contributed by atoms with Gasteiger partial charge in [0.2, 0.25) is 10.0 Å². The van der Waals surface area contributed by atoms with Crippen molar-refractivity contribution in [3.63, 3.8) is 0 Å². The highest BCUT2D eigenvalue weighted by Crippen LogP contribution is 2.25. The molecule has 0 aromatic heterocycles. The molecule has 0 atom stereocenters. The van der Waals surface area contributed by atoms with Crippen molar-refractivity contribution >= 4 is 27.7 Å². The van der Waals surface area contributed by atoms with Crippen LogP contribution < -0.4 is 15.8 Å². The summed E-state index contributed by atoms with van der Waals surface area (Å²) in [6.45, 7) is 5.49. The Morgan fingerprint density at radius 3 is 2.48 bits per heavy atom. The second-order valence-electron chi connectivity index (χ2n) is 5.98. The highest BCUT2D eigenvalue weighted by atomic mass is 32.2. The minimum absolute atomic E-state index is 0.00597. The number of carbonyl (C=O) groups excluding carboxylic acids is 2. The summed E-state index contributed by atoms with van der Waals surface area (Å²) in [5.41, 5.74) is -0.576. The normalized spacial score (nSPS) is 11.7. The number of amides is 2. The summed E-state index contributed by atoms with van der Waals surface area (Å²) in [6, 6.07) is 2.64. The Kier molecular flexibility index (Phi) is 6.77. The third-order valence-electron chi connectivity index (χ3n) is 3.60. The summed E-state index contributed by atoms with van der Waals surface area (Å²) in [6.07, 6.45) is 0.632. The molecule has 0 heterocycles. The fourth-order valence-corrected chi connectivity index (χ4v) is 2.14. The van der Waals surface area contributed by atoms with Crippen molar-refractivity contribution in [2.24, 2.45) is 10.6 Å². The number of esters is 1. The van der Waals surface area contributed by atoms with Crippen molar-refractivity contribution in [3.8, 4) is 5.75 Å². The van der Waals surface area contributed by atoms with E-state index >= 15 is 0 Å². The minimum Gasteiger partial charge on any atom is -0.506 e. The maximum Gasteiger partial charge on any atom is 0.319 e. The highest BCUT2D eigenvalue weighted by Gasteiger charge is 2.26. The quantitative estimate of drug-likeness (QED) is 0.320. The molecule has 1 aromatic carbocycles. The van der Waals surface area contributed by atoms with Gasteiger partial charge in [-0.15, -0.1) is 0 Å². The van der Waals surface area contributed by atoms with Gasteiger partial charge in [-0.25, -0.2) is 18.4 Å². The average Bonchev–Trinajstić information content (AvgIpc) is 2.52. The molecule has 25 heavy (non-hydrogen) atoms. The molecule has 0 aliphatic heterocycles. The van der Waals surface area contributed by atoms with Crippen molar-refractivity contribution in [1.82, 2.24) is 5.32 Å². The van der Waals surface area contributed by atoms with E-state index in [1.807, 2.05) is 6.92 Å². The van der Waals surface area contributed by atoms with E-state index in [2.05, 4.69) is 10.6 Å². The fraction of sp³-hybridized carbons (Fsp3) is 0.467. The number of primary sulfonamides is 1. The number of hydrogen-bond donors (Lipinski definition) is 4. The molecule has 1 rings (SSSR count). The van der Waals surface area contributed by atoms with Crippen molar-refractivity contribution in [2.45, 2.75) is 32.1 Å². The number of nitrogens with one attached hydrogen (secondary N) is 2. The van der Waals surface area contributed by atoms with Gasteiger partial charge in [0, 0.05) is 6.07 Å². The highest BCUT2D eigenvalue weighted by molar-refractivity contribution is 7.89. The molecule has 0 fully saturated rings. The lowest BCUT2D eigenvalue weighted by atomic mass is 9.91. The summed E-state index contributed by atoms with van der Waals surface area (Å²) in [4.78, 5) is 23.2. The van der Waals surface area contributed by atoms with Crippen molar-refractivity contribution in [3.05, 3.63) is 18.2 Å². The van der Waals surface area contributed by atoms with Gasteiger partial charge in [-0.2, -0.15) is 0 Å². The third kappa shape index (κ3) is 6.24. The zero-order valence-corrected chi connectivity index (χ0v) is 15.1. The van der Waals surface area contributed by atoms with Gasteiger partial charge in [-0.3, -0.25) is 4.79 Å². The number of urea groups is 1. The van der Waals surface area contributed by atoms with E-state index in [1.165, 1.54) is 6.07 Å². The Balaban J connectivity index is 2.49. The predicted octanol–water partition coefficient (Wildman–Crippen LogP) is 1.14. The Labute approximate surface area is 146 Å². The molecule has 0 aliphatic rings. The van der Waals surface area contributed by atoms with Crippen LogP contribution in [0.25, 0.3) is 0 Å². The van der Waals surface area contributed by atoms with Gasteiger partial charge in [0.25, 0.3) is 0 Å². The number of hydrogen-bond acceptors (Lipinski definition) is 6. The third-order valence-corrected chi connectivity index (χ3v) is 4.51. The summed E-state index contributed by atoms with van der Waals surface area (Å²) >= 11 is 0. The lowest BCUT2D eigenvalue weighted by Crippen LogP contribution is -2.34. The zero-order valence-electron chi connectivity index (χ0n) is 14.3. The van der Waals surface area contributed by atoms with Crippen molar-refractivity contribution in [1.29, 1.82) is 0 Å². The first-order chi connectivity index (χ1) is 11.5. The maximum atomic E-state index is 11.7. The van der Waals surface area contributed by atoms with Crippen LogP contribution in [0.15, 0.2) is 23.1 Å². The van der Waals surface area contributed by atoms with Gasteiger partial charge >= 0.3 is 12.0 Å². The first kappa shape index (κ1) is 20.7. The smallest absolute Gasteiger partial charge is 0.319 e. The molecule has 0 unspecified atom stereocenters. The molecule has 140 valence electrons. The van der Waals surface area contributed by atoms with E-state index in [9.17, 15) is 23.1 Å². The number of phenols is 1. The molecular weight excluding hydrogens is 350 g/mol. The number of sulfonamides is 1. The van der Waals surface area contributed by atoms with Crippen molar-refractivity contribution < 1.29 is 27.9 Å². The molecule has 0 bridgehead atoms. The Hall–Kier alpha value is -2.33. The van der Waals surface area contributed by atoms with Crippen LogP contribution in [0, 0.1) is 5.41 Å². The fourth-order valence-electron chi connectivity index (χ4n) is 1.61. The summed E-state index contributed by atoms with van der Waals surface area (Å²) in [7, 11) is -3.95. The molecule has 0 aliphatic carbocycles. The number of rotatable bonds is 7. The number of ether oxygens (including phenoxy) is 1. The van der Waals surface area contributed by atoms with E-state index in [1.54, 1.807) is 13.8 Å². The van der Waals surface area contributed by atoms with E-state index in [0.717, 1.165) is 12.1 Å². The second kappa shape index (κ2) is 8.17.